The molecule has 0 unspecified atom stereocenters. The number of rotatable bonds is 9. The molecular formula is C34H35ClN2. The highest BCUT2D eigenvalue weighted by molar-refractivity contribution is 6.35. The zero-order valence-corrected chi connectivity index (χ0v) is 23.1. The molecule has 3 aromatic carbocycles. The van der Waals surface area contributed by atoms with Crippen LogP contribution in [0.1, 0.15) is 49.4 Å². The van der Waals surface area contributed by atoms with Crippen molar-refractivity contribution in [2.24, 2.45) is 4.99 Å². The van der Waals surface area contributed by atoms with Gasteiger partial charge in [0.1, 0.15) is 0 Å². The second kappa shape index (κ2) is 11.6. The summed E-state index contributed by atoms with van der Waals surface area (Å²) in [5, 5.41) is 1.83. The highest BCUT2D eigenvalue weighted by Gasteiger charge is 2.15. The summed E-state index contributed by atoms with van der Waals surface area (Å²) in [4.78, 5) is 4.28. The molecule has 0 amide bonds. The monoisotopic (exact) mass is 506 g/mol. The predicted molar refractivity (Wildman–Crippen MR) is 163 cm³/mol. The molecule has 1 aromatic heterocycles. The zero-order valence-electron chi connectivity index (χ0n) is 22.3. The van der Waals surface area contributed by atoms with Gasteiger partial charge in [0.25, 0.3) is 0 Å². The Morgan fingerprint density at radius 2 is 1.73 bits per heavy atom. The molecule has 188 valence electrons. The minimum Gasteiger partial charge on any atom is -0.317 e. The molecule has 37 heavy (non-hydrogen) atoms. The van der Waals surface area contributed by atoms with Crippen LogP contribution in [0.2, 0.25) is 5.02 Å². The Bertz CT molecular complexity index is 1530. The second-order valence-electron chi connectivity index (χ2n) is 9.21. The van der Waals surface area contributed by atoms with Crippen LogP contribution in [0.4, 0.5) is 0 Å². The van der Waals surface area contributed by atoms with E-state index in [9.17, 15) is 0 Å². The summed E-state index contributed by atoms with van der Waals surface area (Å²) in [6, 6.07) is 19.3. The van der Waals surface area contributed by atoms with Crippen molar-refractivity contribution < 1.29 is 0 Å². The minimum absolute atomic E-state index is 0.669. The number of halogens is 1. The van der Waals surface area contributed by atoms with E-state index in [4.69, 9.17) is 11.6 Å². The summed E-state index contributed by atoms with van der Waals surface area (Å²) in [6.45, 7) is 16.5. The van der Waals surface area contributed by atoms with Gasteiger partial charge in [0.15, 0.2) is 0 Å². The normalized spacial score (nSPS) is 12.2. The largest absolute Gasteiger partial charge is 0.317 e. The van der Waals surface area contributed by atoms with Crippen molar-refractivity contribution in [3.05, 3.63) is 118 Å². The number of benzene rings is 3. The number of hydrogen-bond donors (Lipinski definition) is 0. The molecule has 0 atom stereocenters. The summed E-state index contributed by atoms with van der Waals surface area (Å²) in [6.07, 6.45) is 11.0. The molecule has 0 spiro atoms. The average molecular weight is 507 g/mol. The third-order valence-electron chi connectivity index (χ3n) is 7.16. The van der Waals surface area contributed by atoms with Crippen LogP contribution in [0.5, 0.6) is 0 Å². The van der Waals surface area contributed by atoms with Gasteiger partial charge in [-0.25, -0.2) is 0 Å². The molecule has 4 rings (SSSR count). The highest BCUT2D eigenvalue weighted by Crippen LogP contribution is 2.39. The van der Waals surface area contributed by atoms with Gasteiger partial charge in [-0.15, -0.1) is 0 Å². The third-order valence-corrected chi connectivity index (χ3v) is 7.56. The van der Waals surface area contributed by atoms with Gasteiger partial charge >= 0.3 is 0 Å². The zero-order chi connectivity index (χ0) is 26.5. The second-order valence-corrected chi connectivity index (χ2v) is 9.59. The van der Waals surface area contributed by atoms with Crippen LogP contribution in [-0.2, 0) is 12.8 Å². The number of aryl methyl sites for hydroxylation is 2. The molecule has 0 saturated heterocycles. The molecule has 4 aromatic rings. The Kier molecular flexibility index (Phi) is 8.31. The Morgan fingerprint density at radius 1 is 0.973 bits per heavy atom. The van der Waals surface area contributed by atoms with E-state index in [2.05, 4.69) is 99.2 Å². The quantitative estimate of drug-likeness (QED) is 0.159. The number of allylic oxidation sites excluding steroid dienone is 4. The first-order valence-electron chi connectivity index (χ1n) is 13.0. The summed E-state index contributed by atoms with van der Waals surface area (Å²) >= 11 is 7.04. The molecule has 0 N–H and O–H groups in total. The lowest BCUT2D eigenvalue weighted by Gasteiger charge is -2.15. The van der Waals surface area contributed by atoms with Crippen LogP contribution in [0, 0.1) is 6.92 Å². The third kappa shape index (κ3) is 5.12. The summed E-state index contributed by atoms with van der Waals surface area (Å²) in [5.41, 5.74) is 11.4. The molecule has 1 heterocycles. The fraction of sp³-hybridized carbons (Fsp3) is 0.206. The lowest BCUT2D eigenvalue weighted by molar-refractivity contribution is 1.000. The Hall–Kier alpha value is -3.62. The molecule has 0 fully saturated rings. The van der Waals surface area contributed by atoms with E-state index in [1.165, 1.54) is 22.4 Å². The van der Waals surface area contributed by atoms with Crippen molar-refractivity contribution >= 4 is 34.9 Å². The Morgan fingerprint density at radius 3 is 2.41 bits per heavy atom. The maximum Gasteiger partial charge on any atom is 0.0710 e. The van der Waals surface area contributed by atoms with Crippen LogP contribution in [0.3, 0.4) is 0 Å². The van der Waals surface area contributed by atoms with Crippen molar-refractivity contribution in [3.8, 4) is 16.8 Å². The highest BCUT2D eigenvalue weighted by atomic mass is 35.5. The number of hydrogen-bond acceptors (Lipinski definition) is 1. The van der Waals surface area contributed by atoms with Gasteiger partial charge in [0.2, 0.25) is 0 Å². The standard InChI is InChI=1S/C34H35ClN2/c1-7-24(8-2)17-18-32(36-6)31-15-11-14-30(34(31)35)28-13-12-16-33-29(28)19-20-37(33)26-21-23(5)27(10-4)25(9-3)22-26/h7,11-22H,1,6,8-10H2,2-5H3/b24-17-,32-18-. The van der Waals surface area contributed by atoms with Crippen LogP contribution in [0.15, 0.2) is 96.2 Å². The molecule has 0 radical (unpaired) electrons. The lowest BCUT2D eigenvalue weighted by atomic mass is 9.96. The van der Waals surface area contributed by atoms with Crippen molar-refractivity contribution in [2.45, 2.75) is 47.0 Å². The van der Waals surface area contributed by atoms with Crippen LogP contribution < -0.4 is 0 Å². The van der Waals surface area contributed by atoms with Crippen LogP contribution in [0.25, 0.3) is 33.4 Å². The fourth-order valence-electron chi connectivity index (χ4n) is 5.14. The molecule has 0 saturated carbocycles. The van der Waals surface area contributed by atoms with Crippen molar-refractivity contribution in [2.75, 3.05) is 0 Å². The maximum atomic E-state index is 7.04. The summed E-state index contributed by atoms with van der Waals surface area (Å²) in [7, 11) is 0. The van der Waals surface area contributed by atoms with Gasteiger partial charge in [-0.3, -0.25) is 4.99 Å². The Balaban J connectivity index is 1.85. The molecular weight excluding hydrogens is 472 g/mol. The number of aliphatic imine (C=N–C) groups is 1. The number of nitrogens with zero attached hydrogens (tertiary/aromatic N) is 2. The lowest BCUT2D eigenvalue weighted by Crippen LogP contribution is -2.00. The van der Waals surface area contributed by atoms with Crippen molar-refractivity contribution in [1.82, 2.24) is 4.57 Å². The number of fused-ring (bicyclic) bond motifs is 1. The number of aromatic nitrogens is 1. The molecule has 3 heteroatoms. The summed E-state index contributed by atoms with van der Waals surface area (Å²) in [5.74, 6) is 0. The van der Waals surface area contributed by atoms with Crippen LogP contribution >= 0.6 is 11.6 Å². The SMILES string of the molecule is C=C/C(=C/C=C(\N=C)c1cccc(-c2cccc3c2ccn3-c2cc(C)c(CC)c(CC)c2)c1Cl)CC. The first-order chi connectivity index (χ1) is 18.0. The first-order valence-corrected chi connectivity index (χ1v) is 13.4. The first kappa shape index (κ1) is 26.4. The van der Waals surface area contributed by atoms with Crippen molar-refractivity contribution in [1.29, 1.82) is 0 Å². The molecule has 0 aliphatic rings. The summed E-state index contributed by atoms with van der Waals surface area (Å²) < 4.78 is 2.28. The predicted octanol–water partition coefficient (Wildman–Crippen LogP) is 9.95. The average Bonchev–Trinajstić information content (AvgIpc) is 3.36. The van der Waals surface area contributed by atoms with E-state index in [-0.39, 0.29) is 0 Å². The molecule has 2 nitrogen and oxygen atoms in total. The molecule has 0 aliphatic heterocycles. The molecule has 0 bridgehead atoms. The topological polar surface area (TPSA) is 17.3 Å². The Labute approximate surface area is 226 Å². The maximum absolute atomic E-state index is 7.04. The van der Waals surface area contributed by atoms with Gasteiger partial charge in [0.05, 0.1) is 16.2 Å². The van der Waals surface area contributed by atoms with E-state index in [1.54, 1.807) is 0 Å². The van der Waals surface area contributed by atoms with Gasteiger partial charge in [-0.1, -0.05) is 81.4 Å². The van der Waals surface area contributed by atoms with E-state index < -0.39 is 0 Å². The fourth-order valence-corrected chi connectivity index (χ4v) is 5.46. The van der Waals surface area contributed by atoms with Gasteiger partial charge in [-0.2, -0.15) is 0 Å². The smallest absolute Gasteiger partial charge is 0.0710 e. The van der Waals surface area contributed by atoms with Crippen LogP contribution in [-0.4, -0.2) is 11.3 Å². The van der Waals surface area contributed by atoms with E-state index in [0.717, 1.165) is 58.1 Å². The minimum atomic E-state index is 0.669. The van der Waals surface area contributed by atoms with Gasteiger partial charge in [0, 0.05) is 28.4 Å². The van der Waals surface area contributed by atoms with E-state index in [1.807, 2.05) is 30.4 Å². The van der Waals surface area contributed by atoms with E-state index in [0.29, 0.717) is 5.02 Å². The van der Waals surface area contributed by atoms with Gasteiger partial charge in [-0.05, 0) is 91.1 Å². The van der Waals surface area contributed by atoms with Gasteiger partial charge < -0.3 is 4.57 Å². The van der Waals surface area contributed by atoms with E-state index >= 15 is 0 Å². The van der Waals surface area contributed by atoms with Crippen molar-refractivity contribution in [3.63, 3.8) is 0 Å². The molecule has 0 aliphatic carbocycles.